The number of carboxylic acid groups (broad SMARTS) is 1. The number of alkyl halides is 5. The number of aliphatic carboxylic acids is 1. The Balaban J connectivity index is 0.984. The van der Waals surface area contributed by atoms with Crippen molar-refractivity contribution < 1.29 is 137 Å². The van der Waals surface area contributed by atoms with Crippen molar-refractivity contribution in [2.45, 2.75) is 165 Å². The lowest BCUT2D eigenvalue weighted by Gasteiger charge is -2.37. The van der Waals surface area contributed by atoms with Gasteiger partial charge in [-0.3, -0.25) is 23.2 Å². The molecule has 8 rings (SSSR count). The van der Waals surface area contributed by atoms with Crippen LogP contribution in [0.1, 0.15) is 102 Å². The maximum Gasteiger partial charge on any atom is 0.326 e. The molecule has 4 unspecified atom stereocenters. The maximum atomic E-state index is 15.7. The Morgan fingerprint density at radius 3 is 1.88 bits per heavy atom. The molecule has 4 aliphatic rings. The predicted octanol–water partition coefficient (Wildman–Crippen LogP) is 7.28. The molecule has 0 bridgehead atoms. The molecule has 2 aliphatic heterocycles. The highest BCUT2D eigenvalue weighted by Crippen LogP contribution is 2.50. The summed E-state index contributed by atoms with van der Waals surface area (Å²) in [4.78, 5) is 34.9. The molecule has 9 N–H and O–H groups in total. The molecule has 2 heterocycles. The van der Waals surface area contributed by atoms with Gasteiger partial charge in [-0.15, -0.1) is 0 Å². The molecule has 0 saturated heterocycles. The molecule has 4 aromatic rings. The number of carbonyl (C=O) groups excluding carboxylic acids is 2. The third kappa shape index (κ3) is 20.9. The minimum atomic E-state index is -5.68. The molecule has 2 amide bonds. The molecule has 5 atom stereocenters. The number of fused-ring (bicyclic) bond motifs is 2. The second kappa shape index (κ2) is 34.1. The highest BCUT2D eigenvalue weighted by atomic mass is 32.2. The van der Waals surface area contributed by atoms with E-state index in [-0.39, 0.29) is 60.7 Å². The van der Waals surface area contributed by atoms with Gasteiger partial charge >= 0.3 is 5.97 Å². The Hall–Kier alpha value is -7.78. The van der Waals surface area contributed by atoms with Crippen LogP contribution in [-0.2, 0) is 96.7 Å². The van der Waals surface area contributed by atoms with E-state index in [0.717, 1.165) is 0 Å². The highest BCUT2D eigenvalue weighted by Gasteiger charge is 2.55. The number of carboxylic acids is 1. The van der Waals surface area contributed by atoms with Gasteiger partial charge in [-0.2, -0.15) is 29.8 Å². The highest BCUT2D eigenvalue weighted by molar-refractivity contribution is 7.91. The van der Waals surface area contributed by atoms with Crippen LogP contribution in [0.15, 0.2) is 127 Å². The molecule has 0 aromatic heterocycles. The van der Waals surface area contributed by atoms with Crippen molar-refractivity contribution in [3.63, 3.8) is 0 Å². The van der Waals surface area contributed by atoms with Crippen LogP contribution in [0.3, 0.4) is 0 Å². The molecule has 109 heavy (non-hydrogen) atoms. The first-order valence-electron chi connectivity index (χ1n) is 33.4. The summed E-state index contributed by atoms with van der Waals surface area (Å²) in [6.45, 7) is 6.32. The topological polar surface area (TPSA) is 447 Å². The quantitative estimate of drug-likeness (QED) is 0.00748. The van der Waals surface area contributed by atoms with Gasteiger partial charge in [0.25, 0.3) is 30.4 Å². The monoisotopic (exact) mass is 1660 g/mol. The Labute approximate surface area is 623 Å². The number of ether oxygens (including phenoxy) is 2. The van der Waals surface area contributed by atoms with Crippen LogP contribution in [0.5, 0.6) is 5.75 Å². The minimum Gasteiger partial charge on any atom is -0.748 e. The summed E-state index contributed by atoms with van der Waals surface area (Å²) in [6.07, 6.45) is -10.4. The number of carbonyl (C=O) groups is 3. The molecule has 0 radical (unpaired) electrons. The Morgan fingerprint density at radius 1 is 0.688 bits per heavy atom. The summed E-state index contributed by atoms with van der Waals surface area (Å²) in [5, 5.41) is 20.8. The van der Waals surface area contributed by atoms with Crippen molar-refractivity contribution >= 4 is 101 Å². The number of halogens is 8. The lowest BCUT2D eigenvalue weighted by molar-refractivity contribution is -0.438. The smallest absolute Gasteiger partial charge is 0.326 e. The number of unbranched alkanes of at least 4 members (excludes halogenated alkanes) is 2. The molecular formula is C67H78F8N6O22S6. The third-order valence-corrected chi connectivity index (χ3v) is 24.6. The van der Waals surface area contributed by atoms with Crippen LogP contribution in [0.4, 0.5) is 52.2 Å². The first kappa shape index (κ1) is 86.8. The molecule has 1 fully saturated rings. The van der Waals surface area contributed by atoms with Gasteiger partial charge in [0, 0.05) is 79.0 Å². The van der Waals surface area contributed by atoms with Gasteiger partial charge in [0.05, 0.1) is 61.8 Å². The van der Waals surface area contributed by atoms with Crippen molar-refractivity contribution in [1.82, 2.24) is 10.6 Å². The van der Waals surface area contributed by atoms with Crippen molar-refractivity contribution in [2.24, 2.45) is 5.14 Å². The summed E-state index contributed by atoms with van der Waals surface area (Å²) in [7, 11) is -29.6. The van der Waals surface area contributed by atoms with Crippen LogP contribution >= 0.6 is 0 Å². The predicted molar refractivity (Wildman–Crippen MR) is 376 cm³/mol. The first-order chi connectivity index (χ1) is 50.5. The van der Waals surface area contributed by atoms with Gasteiger partial charge in [0.15, 0.2) is 68.8 Å². The molecule has 4 aromatic carbocycles. The number of benzene rings is 4. The van der Waals surface area contributed by atoms with Gasteiger partial charge in [0.1, 0.15) is 29.0 Å². The molecule has 42 heteroatoms. The van der Waals surface area contributed by atoms with E-state index in [1.165, 1.54) is 66.0 Å². The number of anilines is 2. The van der Waals surface area contributed by atoms with Crippen LogP contribution in [0.2, 0.25) is 0 Å². The summed E-state index contributed by atoms with van der Waals surface area (Å²) >= 11 is 0. The fraction of sp³-hybridized carbons (Fsp3) is 0.463. The van der Waals surface area contributed by atoms with Gasteiger partial charge < -0.3 is 40.0 Å². The molecule has 600 valence electrons. The average molecular weight is 1660 g/mol. The number of nitrogens with zero attached hydrogens (tertiary/aromatic N) is 2. The largest absolute Gasteiger partial charge is 0.748 e. The van der Waals surface area contributed by atoms with Gasteiger partial charge in [0.2, 0.25) is 27.5 Å². The number of allylic oxidation sites excluding steroid dienone is 7. The van der Waals surface area contributed by atoms with Crippen molar-refractivity contribution in [3.8, 4) is 5.75 Å². The Bertz CT molecular complexity index is 5090. The zero-order valence-electron chi connectivity index (χ0n) is 58.4. The second-order valence-corrected chi connectivity index (χ2v) is 36.6. The number of primary sulfonamides is 1. The SMILES string of the molecule is CC1(C)C(/C=C/C2=C(Oc3ccc(C[C@H](NC(=O)CCOCCNC(=O)CCS(=O)(=O)c4c(F)c(F)c(S(N)(=O)=O)c(F)c4NC4C(F)C(F)C(F)C(F)C4F)C(=O)O)cc3)C(=C/C=C3/N(CCCCS(=O)(=O)[O-])c4ccc(S(=O)(=O)O)cc4C3(C)C)/CCC2)=[N+](CCCCS(=O)(=O)O)c2ccc(S(=O)(=O)O)cc21. The zero-order valence-corrected chi connectivity index (χ0v) is 63.3. The summed E-state index contributed by atoms with van der Waals surface area (Å²) in [5.74, 6) is -13.8. The first-order valence-corrected chi connectivity index (χ1v) is 42.7. The standard InChI is InChI=1S/C67H78F8N6O22S6/c1-66(2)43-35-41(108(96,97)98)18-20-46(43)80(27-5-7-31-105(88,89)90)48(66)22-14-38-10-9-11-39(15-23-49-67(3,4)44-36-42(109(99,100)101)19-21-47(44)81(49)28-6-8-32-106(91,92)93)62(38)103-40-16-12-37(13-17-40)34-45(65(84)85)78-51(83)24-29-102-30-26-77-50(82)25-33-104(86,87)64-58(74)57(73)63(107(76,94)95)59(75)61(64)79-60-55(71)53(69)52(68)54(70)56(60)72/h12-23,35-36,45,52-56,60,79H,5-11,24-34H2,1-4H3,(H8-,76,77,78,82,83,84,85,88,89,90,91,92,93,94,95,96,97,98,99,100,101)/t45-,52?,53?,54?,55?,56?,60?/m0/s1. The van der Waals surface area contributed by atoms with Gasteiger partial charge in [-0.25, -0.2) is 70.3 Å². The molecule has 2 aliphatic carbocycles. The number of sulfonamides is 1. The van der Waals surface area contributed by atoms with Crippen LogP contribution in [-0.4, -0.2) is 195 Å². The van der Waals surface area contributed by atoms with Crippen LogP contribution in [0.25, 0.3) is 0 Å². The van der Waals surface area contributed by atoms with E-state index in [0.29, 0.717) is 75.6 Å². The van der Waals surface area contributed by atoms with Crippen molar-refractivity contribution in [2.75, 3.05) is 60.3 Å². The summed E-state index contributed by atoms with van der Waals surface area (Å²) in [6, 6.07) is 9.58. The van der Waals surface area contributed by atoms with Crippen LogP contribution in [0, 0.1) is 17.5 Å². The fourth-order valence-corrected chi connectivity index (χ4v) is 17.4. The van der Waals surface area contributed by atoms with E-state index >= 15 is 13.2 Å². The maximum absolute atomic E-state index is 15.7. The van der Waals surface area contributed by atoms with E-state index < -0.39 is 215 Å². The molecular weight excluding hydrogens is 1590 g/mol. The fourth-order valence-electron chi connectivity index (χ4n) is 13.1. The number of hydrogen-bond acceptors (Lipinski definition) is 20. The van der Waals surface area contributed by atoms with E-state index in [1.807, 2.05) is 23.3 Å². The van der Waals surface area contributed by atoms with Crippen molar-refractivity contribution in [3.05, 3.63) is 142 Å². The van der Waals surface area contributed by atoms with E-state index in [2.05, 4.69) is 10.6 Å². The van der Waals surface area contributed by atoms with E-state index in [9.17, 15) is 110 Å². The number of amides is 2. The van der Waals surface area contributed by atoms with Gasteiger partial charge in [-0.05, 0) is 129 Å². The number of nitrogens with two attached hydrogens (primary N) is 1. The normalized spacial score (nSPS) is 21.4. The van der Waals surface area contributed by atoms with Crippen molar-refractivity contribution in [1.29, 1.82) is 0 Å². The van der Waals surface area contributed by atoms with E-state index in [1.54, 1.807) is 38.2 Å². The number of rotatable bonds is 34. The van der Waals surface area contributed by atoms with Crippen LogP contribution < -0.4 is 30.7 Å². The lowest BCUT2D eigenvalue weighted by Crippen LogP contribution is -2.59. The van der Waals surface area contributed by atoms with Gasteiger partial charge in [-0.1, -0.05) is 32.1 Å². The average Bonchev–Trinajstić information content (AvgIpc) is 1.74. The third-order valence-electron chi connectivity index (χ3n) is 18.6. The van der Waals surface area contributed by atoms with E-state index in [4.69, 9.17) is 14.6 Å². The minimum absolute atomic E-state index is 0.0153. The number of nitrogens with one attached hydrogen (secondary N) is 3. The summed E-state index contributed by atoms with van der Waals surface area (Å²) < 4.78 is 321. The second-order valence-electron chi connectivity index (χ2n) is 27.1. The number of sulfone groups is 1. The Morgan fingerprint density at radius 2 is 1.28 bits per heavy atom. The molecule has 28 nitrogen and oxygen atoms in total. The molecule has 0 spiro atoms. The zero-order chi connectivity index (χ0) is 81.1. The summed E-state index contributed by atoms with van der Waals surface area (Å²) in [5.41, 5.74) is 0.780. The number of hydrogen-bond donors (Lipinski definition) is 8. The molecule has 1 saturated carbocycles. The Kier molecular flexibility index (Phi) is 27.1. The lowest BCUT2D eigenvalue weighted by atomic mass is 9.81.